The molecule has 2 aliphatic rings. The molecule has 0 radical (unpaired) electrons. The van der Waals surface area contributed by atoms with Crippen LogP contribution < -0.4 is 5.32 Å². The third-order valence-corrected chi connectivity index (χ3v) is 6.80. The standard InChI is InChI=1S/C29H32F3N5O4/c1-21(17-33-27(39)23-8-5-9-24(16-23)29(30,31)32)34-25-10-11-35(18-25)19-26(38)36-12-14-37(15-13-36)28(40)41-20-22-6-3-2-4-7-22/h2-9,16H,1,10-15,17-20H2,(H,33,39). The van der Waals surface area contributed by atoms with Crippen molar-refractivity contribution in [1.29, 1.82) is 0 Å². The van der Waals surface area contributed by atoms with Gasteiger partial charge in [0.15, 0.2) is 0 Å². The number of rotatable bonds is 8. The van der Waals surface area contributed by atoms with E-state index in [-0.39, 0.29) is 31.2 Å². The lowest BCUT2D eigenvalue weighted by atomic mass is 10.1. The lowest BCUT2D eigenvalue weighted by Gasteiger charge is -2.34. The molecule has 9 nitrogen and oxygen atoms in total. The van der Waals surface area contributed by atoms with Gasteiger partial charge in [-0.05, 0) is 30.2 Å². The maximum Gasteiger partial charge on any atom is 0.416 e. The summed E-state index contributed by atoms with van der Waals surface area (Å²) in [5.74, 6) is -0.684. The largest absolute Gasteiger partial charge is 0.445 e. The number of piperazine rings is 1. The fourth-order valence-electron chi connectivity index (χ4n) is 4.55. The molecule has 2 aromatic carbocycles. The van der Waals surface area contributed by atoms with E-state index in [0.717, 1.165) is 23.4 Å². The van der Waals surface area contributed by atoms with Gasteiger partial charge in [-0.1, -0.05) is 43.0 Å². The van der Waals surface area contributed by atoms with E-state index in [1.807, 2.05) is 35.2 Å². The number of benzene rings is 2. The van der Waals surface area contributed by atoms with Crippen molar-refractivity contribution in [2.75, 3.05) is 52.4 Å². The molecule has 1 N–H and O–H groups in total. The second kappa shape index (κ2) is 13.4. The lowest BCUT2D eigenvalue weighted by Crippen LogP contribution is -2.52. The van der Waals surface area contributed by atoms with Crippen LogP contribution in [0, 0.1) is 0 Å². The number of ether oxygens (including phenoxy) is 1. The number of hydrogen-bond acceptors (Lipinski definition) is 6. The Labute approximate surface area is 236 Å². The van der Waals surface area contributed by atoms with Gasteiger partial charge in [-0.2, -0.15) is 13.2 Å². The van der Waals surface area contributed by atoms with Gasteiger partial charge in [0.1, 0.15) is 6.61 Å². The molecule has 3 amide bonds. The third-order valence-electron chi connectivity index (χ3n) is 6.80. The van der Waals surface area contributed by atoms with Gasteiger partial charge >= 0.3 is 12.3 Å². The minimum absolute atomic E-state index is 0.0183. The SMILES string of the molecule is C=C(CNC(=O)c1cccc(C(F)(F)F)c1)N=C1CCN(CC(=O)N2CCN(C(=O)OCc3ccccc3)CC2)C1. The Bertz CT molecular complexity index is 1290. The highest BCUT2D eigenvalue weighted by atomic mass is 19.4. The molecule has 2 heterocycles. The molecule has 0 spiro atoms. The smallest absolute Gasteiger partial charge is 0.416 e. The van der Waals surface area contributed by atoms with Gasteiger partial charge in [-0.25, -0.2) is 4.79 Å². The monoisotopic (exact) mass is 571 g/mol. The minimum atomic E-state index is -4.54. The van der Waals surface area contributed by atoms with Gasteiger partial charge in [-0.3, -0.25) is 19.5 Å². The van der Waals surface area contributed by atoms with Crippen LogP contribution in [-0.2, 0) is 22.3 Å². The van der Waals surface area contributed by atoms with E-state index in [4.69, 9.17) is 4.74 Å². The Kier molecular flexibility index (Phi) is 9.77. The first-order valence-electron chi connectivity index (χ1n) is 13.2. The van der Waals surface area contributed by atoms with Crippen LogP contribution in [0.2, 0.25) is 0 Å². The highest BCUT2D eigenvalue weighted by Gasteiger charge is 2.31. The van der Waals surface area contributed by atoms with Crippen molar-refractivity contribution < 1.29 is 32.3 Å². The molecular weight excluding hydrogens is 539 g/mol. The number of hydrogen-bond donors (Lipinski definition) is 1. The molecule has 41 heavy (non-hydrogen) atoms. The lowest BCUT2D eigenvalue weighted by molar-refractivity contribution is -0.137. The number of carbonyl (C=O) groups excluding carboxylic acids is 3. The Morgan fingerprint density at radius 3 is 2.37 bits per heavy atom. The first kappa shape index (κ1) is 29.8. The number of aliphatic imine (C=N–C) groups is 1. The van der Waals surface area contributed by atoms with Crippen molar-refractivity contribution in [3.8, 4) is 0 Å². The molecule has 0 unspecified atom stereocenters. The Balaban J connectivity index is 1.16. The molecule has 2 saturated heterocycles. The maximum atomic E-state index is 12.9. The molecule has 2 aromatic rings. The molecule has 4 rings (SSSR count). The number of nitrogens with zero attached hydrogens (tertiary/aromatic N) is 4. The Morgan fingerprint density at radius 1 is 0.951 bits per heavy atom. The Morgan fingerprint density at radius 2 is 1.66 bits per heavy atom. The van der Waals surface area contributed by atoms with Gasteiger partial charge in [0.25, 0.3) is 5.91 Å². The quantitative estimate of drug-likeness (QED) is 0.523. The fraction of sp³-hybridized carbons (Fsp3) is 0.379. The van der Waals surface area contributed by atoms with Crippen LogP contribution in [0.5, 0.6) is 0 Å². The summed E-state index contributed by atoms with van der Waals surface area (Å²) in [6.07, 6.45) is -4.30. The zero-order valence-corrected chi connectivity index (χ0v) is 22.5. The summed E-state index contributed by atoms with van der Waals surface area (Å²) in [4.78, 5) is 47.2. The van der Waals surface area contributed by atoms with Crippen LogP contribution in [0.15, 0.2) is 71.9 Å². The van der Waals surface area contributed by atoms with Gasteiger partial charge < -0.3 is 19.9 Å². The van der Waals surface area contributed by atoms with Crippen molar-refractivity contribution in [2.45, 2.75) is 19.2 Å². The molecule has 0 aliphatic carbocycles. The van der Waals surface area contributed by atoms with Crippen LogP contribution in [0.4, 0.5) is 18.0 Å². The van der Waals surface area contributed by atoms with E-state index >= 15 is 0 Å². The summed E-state index contributed by atoms with van der Waals surface area (Å²) in [5.41, 5.74) is 1.08. The fourth-order valence-corrected chi connectivity index (χ4v) is 4.55. The second-order valence-corrected chi connectivity index (χ2v) is 9.87. The molecule has 0 atom stereocenters. The molecule has 0 saturated carbocycles. The summed E-state index contributed by atoms with van der Waals surface area (Å²) < 4.78 is 44.1. The molecule has 2 aliphatic heterocycles. The van der Waals surface area contributed by atoms with Crippen LogP contribution in [0.25, 0.3) is 0 Å². The van der Waals surface area contributed by atoms with Crippen molar-refractivity contribution in [3.05, 3.63) is 83.6 Å². The maximum absolute atomic E-state index is 12.9. The summed E-state index contributed by atoms with van der Waals surface area (Å²) in [6, 6.07) is 13.6. The van der Waals surface area contributed by atoms with Crippen LogP contribution in [0.3, 0.4) is 0 Å². The van der Waals surface area contributed by atoms with Crippen molar-refractivity contribution in [1.82, 2.24) is 20.0 Å². The number of likely N-dealkylation sites (tertiary alicyclic amines) is 1. The number of alkyl halides is 3. The van der Waals surface area contributed by atoms with Crippen LogP contribution >= 0.6 is 0 Å². The summed E-state index contributed by atoms with van der Waals surface area (Å²) in [7, 11) is 0. The molecular formula is C29H32F3N5O4. The average Bonchev–Trinajstić information content (AvgIpc) is 3.41. The number of nitrogens with one attached hydrogen (secondary N) is 1. The van der Waals surface area contributed by atoms with Crippen LogP contribution in [-0.4, -0.2) is 90.7 Å². The molecule has 0 aromatic heterocycles. The second-order valence-electron chi connectivity index (χ2n) is 9.87. The summed E-state index contributed by atoms with van der Waals surface area (Å²) in [5, 5.41) is 2.54. The van der Waals surface area contributed by atoms with Gasteiger partial charge in [0.05, 0.1) is 24.4 Å². The van der Waals surface area contributed by atoms with Gasteiger partial charge in [0, 0.05) is 50.5 Å². The first-order valence-corrected chi connectivity index (χ1v) is 13.2. The predicted octanol–water partition coefficient (Wildman–Crippen LogP) is 3.58. The predicted molar refractivity (Wildman–Crippen MR) is 146 cm³/mol. The molecule has 0 bridgehead atoms. The third kappa shape index (κ3) is 8.65. The molecule has 218 valence electrons. The van der Waals surface area contributed by atoms with Gasteiger partial charge in [0.2, 0.25) is 5.91 Å². The Hall–Kier alpha value is -4.19. The highest BCUT2D eigenvalue weighted by molar-refractivity contribution is 5.94. The van der Waals surface area contributed by atoms with E-state index < -0.39 is 23.7 Å². The zero-order chi connectivity index (χ0) is 29.4. The minimum Gasteiger partial charge on any atom is -0.445 e. The van der Waals surface area contributed by atoms with Crippen molar-refractivity contribution in [3.63, 3.8) is 0 Å². The number of halogens is 3. The number of amides is 3. The highest BCUT2D eigenvalue weighted by Crippen LogP contribution is 2.29. The normalized spacial score (nSPS) is 17.0. The average molecular weight is 572 g/mol. The first-order chi connectivity index (χ1) is 19.6. The zero-order valence-electron chi connectivity index (χ0n) is 22.5. The van der Waals surface area contributed by atoms with Crippen molar-refractivity contribution in [2.24, 2.45) is 4.99 Å². The van der Waals surface area contributed by atoms with E-state index in [2.05, 4.69) is 16.9 Å². The summed E-state index contributed by atoms with van der Waals surface area (Å²) in [6.45, 7) is 7.00. The molecule has 12 heteroatoms. The topological polar surface area (TPSA) is 94.5 Å². The van der Waals surface area contributed by atoms with Crippen LogP contribution in [0.1, 0.15) is 27.9 Å². The van der Waals surface area contributed by atoms with E-state index in [1.165, 1.54) is 12.1 Å². The summed E-state index contributed by atoms with van der Waals surface area (Å²) >= 11 is 0. The number of carbonyl (C=O) groups is 3. The van der Waals surface area contributed by atoms with E-state index in [0.29, 0.717) is 51.4 Å². The van der Waals surface area contributed by atoms with E-state index in [9.17, 15) is 27.6 Å². The van der Waals surface area contributed by atoms with Gasteiger partial charge in [-0.15, -0.1) is 0 Å². The van der Waals surface area contributed by atoms with Crippen molar-refractivity contribution >= 4 is 23.6 Å². The molecule has 2 fully saturated rings. The van der Waals surface area contributed by atoms with E-state index in [1.54, 1.807) is 9.80 Å².